The second-order valence-electron chi connectivity index (χ2n) is 3.95. The summed E-state index contributed by atoms with van der Waals surface area (Å²) in [6.45, 7) is 0. The van der Waals surface area contributed by atoms with Crippen LogP contribution < -0.4 is 5.43 Å². The molecule has 0 fully saturated rings. The Morgan fingerprint density at radius 3 is 2.50 bits per heavy atom. The molecule has 1 aromatic heterocycles. The quantitative estimate of drug-likeness (QED) is 0.747. The number of fused-ring (bicyclic) bond motifs is 1. The first-order chi connectivity index (χ1) is 9.31. The lowest BCUT2D eigenvalue weighted by Gasteiger charge is -2.05. The van der Waals surface area contributed by atoms with E-state index in [1.807, 2.05) is 18.2 Å². The molecule has 0 radical (unpaired) electrons. The van der Waals surface area contributed by atoms with Crippen LogP contribution in [0.15, 0.2) is 63.8 Å². The number of para-hydroxylation sites is 1. The fourth-order valence-corrected chi connectivity index (χ4v) is 1.90. The summed E-state index contributed by atoms with van der Waals surface area (Å²) in [5.74, 6) is 0.184. The minimum absolute atomic E-state index is 0.0927. The van der Waals surface area contributed by atoms with Crippen molar-refractivity contribution in [2.24, 2.45) is 0 Å². The van der Waals surface area contributed by atoms with Gasteiger partial charge in [-0.05, 0) is 12.1 Å². The summed E-state index contributed by atoms with van der Waals surface area (Å²) in [7, 11) is 0. The predicted octanol–water partition coefficient (Wildman–Crippen LogP) is 3.17. The molecule has 0 aliphatic heterocycles. The Morgan fingerprint density at radius 2 is 1.72 bits per heavy atom. The van der Waals surface area contributed by atoms with Gasteiger partial charge < -0.3 is 9.53 Å². The Bertz CT molecular complexity index is 778. The highest BCUT2D eigenvalue weighted by molar-refractivity contribution is 5.81. The maximum atomic E-state index is 12.2. The van der Waals surface area contributed by atoms with E-state index in [4.69, 9.17) is 5.85 Å². The molecule has 3 aromatic rings. The normalized spacial score (nSPS) is 11.2. The first-order valence-corrected chi connectivity index (χ1v) is 5.55. The van der Waals surface area contributed by atoms with E-state index in [2.05, 4.69) is 5.11 Å². The molecule has 0 aliphatic rings. The second-order valence-corrected chi connectivity index (χ2v) is 3.95. The summed E-state index contributed by atoms with van der Waals surface area (Å²) in [5, 5.41) is 4.89. The molecule has 2 aromatic carbocycles. The van der Waals surface area contributed by atoms with Crippen LogP contribution in [0.1, 0.15) is 0 Å². The van der Waals surface area contributed by atoms with Gasteiger partial charge in [0.05, 0.1) is 5.39 Å². The third-order valence-electron chi connectivity index (χ3n) is 2.79. The summed E-state index contributed by atoms with van der Waals surface area (Å²) >= 11 is 0. The van der Waals surface area contributed by atoms with E-state index in [1.165, 1.54) is 0 Å². The predicted molar refractivity (Wildman–Crippen MR) is 69.6 cm³/mol. The topological polar surface area (TPSA) is 50.4 Å². The number of hydrogen-bond acceptors (Lipinski definition) is 3. The van der Waals surface area contributed by atoms with Crippen molar-refractivity contribution in [1.82, 2.24) is 0 Å². The number of hydrogen-bond donors (Lipinski definition) is 1. The molecular formula is C15H10O3. The monoisotopic (exact) mass is 239 g/mol. The lowest BCUT2D eigenvalue weighted by Crippen LogP contribution is -2.02. The van der Waals surface area contributed by atoms with Gasteiger partial charge in [-0.3, -0.25) is 4.79 Å². The molecule has 1 heterocycles. The van der Waals surface area contributed by atoms with Crippen LogP contribution in [-0.4, -0.2) is 6.54 Å². The minimum Gasteiger partial charge on any atom is -0.502 e. The van der Waals surface area contributed by atoms with E-state index < -0.39 is 0 Å². The molecule has 18 heavy (non-hydrogen) atoms. The van der Waals surface area contributed by atoms with Crippen LogP contribution in [0.3, 0.4) is 0 Å². The van der Waals surface area contributed by atoms with E-state index in [9.17, 15) is 4.79 Å². The SMILES string of the molecule is [2H]Oc1c(-c2ccccc2)oc2ccccc2c1=O. The fraction of sp³-hybridized carbons (Fsp3) is 0. The van der Waals surface area contributed by atoms with Gasteiger partial charge >= 0.3 is 0 Å². The smallest absolute Gasteiger partial charge is 0.293 e. The Labute approximate surface area is 104 Å². The van der Waals surface area contributed by atoms with E-state index >= 15 is 0 Å². The second kappa shape index (κ2) is 4.04. The first kappa shape index (κ1) is 9.48. The standard InChI is InChI=1S/C15H10O3/c16-13-11-8-4-5-9-12(11)18-15(14(13)17)10-6-2-1-3-7-10/h1-9,17H/i/hD. The van der Waals surface area contributed by atoms with Gasteiger partial charge in [0.1, 0.15) is 5.58 Å². The van der Waals surface area contributed by atoms with Gasteiger partial charge in [-0.25, -0.2) is 0 Å². The summed E-state index contributed by atoms with van der Waals surface area (Å²) in [4.78, 5) is 12.2. The van der Waals surface area contributed by atoms with Crippen molar-refractivity contribution in [3.63, 3.8) is 0 Å². The maximum Gasteiger partial charge on any atom is 0.293 e. The summed E-state index contributed by atoms with van der Waals surface area (Å²) in [6, 6.07) is 16.0. The number of rotatable bonds is 2. The molecule has 3 heteroatoms. The van der Waals surface area contributed by atoms with Gasteiger partial charge in [-0.1, -0.05) is 42.5 Å². The molecule has 0 aliphatic carbocycles. The zero-order valence-electron chi connectivity index (χ0n) is 10.4. The Morgan fingerprint density at radius 1 is 1.00 bits per heavy atom. The molecular weight excluding hydrogens is 228 g/mol. The van der Waals surface area contributed by atoms with Crippen molar-refractivity contribution >= 4 is 11.0 Å². The zero-order chi connectivity index (χ0) is 13.2. The molecule has 0 saturated carbocycles. The molecule has 0 amide bonds. The Kier molecular flexibility index (Phi) is 2.12. The van der Waals surface area contributed by atoms with Gasteiger partial charge in [-0.2, -0.15) is 0 Å². The van der Waals surface area contributed by atoms with Gasteiger partial charge in [0.2, 0.25) is 11.2 Å². The lowest BCUT2D eigenvalue weighted by molar-refractivity contribution is 0.449. The maximum absolute atomic E-state index is 12.2. The van der Waals surface area contributed by atoms with Crippen LogP contribution in [0.2, 0.25) is 0 Å². The number of benzene rings is 2. The molecule has 3 rings (SSSR count). The molecule has 3 nitrogen and oxygen atoms in total. The third kappa shape index (κ3) is 1.57. The van der Waals surface area contributed by atoms with E-state index in [1.54, 1.807) is 36.4 Å². The molecule has 0 saturated heterocycles. The van der Waals surface area contributed by atoms with E-state index in [-0.39, 0.29) is 16.9 Å². The van der Waals surface area contributed by atoms with E-state index in [0.29, 0.717) is 16.5 Å². The van der Waals surface area contributed by atoms with Crippen molar-refractivity contribution in [3.05, 3.63) is 64.8 Å². The molecule has 88 valence electrons. The van der Waals surface area contributed by atoms with Crippen LogP contribution in [0.5, 0.6) is 5.75 Å². The molecule has 0 unspecified atom stereocenters. The minimum atomic E-state index is -0.337. The number of aromatic hydroxyl groups is 1. The van der Waals surface area contributed by atoms with Crippen molar-refractivity contribution in [2.45, 2.75) is 0 Å². The highest BCUT2D eigenvalue weighted by Gasteiger charge is 2.14. The van der Waals surface area contributed by atoms with Crippen LogP contribution in [0.25, 0.3) is 22.3 Å². The van der Waals surface area contributed by atoms with Crippen LogP contribution in [0, 0.1) is 0 Å². The van der Waals surface area contributed by atoms with Gasteiger partial charge in [-0.15, -0.1) is 0 Å². The highest BCUT2D eigenvalue weighted by Crippen LogP contribution is 2.29. The first-order valence-electron chi connectivity index (χ1n) is 5.96. The summed E-state index contributed by atoms with van der Waals surface area (Å²) in [6.07, 6.45) is 0. The Hall–Kier alpha value is -2.55. The third-order valence-corrected chi connectivity index (χ3v) is 2.79. The molecule has 0 spiro atoms. The molecule has 0 bridgehead atoms. The summed E-state index contributed by atoms with van der Waals surface area (Å²) in [5.41, 5.74) is 0.843. The molecule has 1 N–H and O–H groups in total. The average Bonchev–Trinajstić information content (AvgIpc) is 2.48. The van der Waals surface area contributed by atoms with Crippen LogP contribution in [-0.2, 0) is 0 Å². The van der Waals surface area contributed by atoms with Crippen molar-refractivity contribution < 1.29 is 9.53 Å². The summed E-state index contributed by atoms with van der Waals surface area (Å²) < 4.78 is 12.8. The highest BCUT2D eigenvalue weighted by atomic mass is 16.4. The van der Waals surface area contributed by atoms with Crippen LogP contribution >= 0.6 is 0 Å². The van der Waals surface area contributed by atoms with E-state index in [0.717, 1.165) is 0 Å². The average molecular weight is 239 g/mol. The van der Waals surface area contributed by atoms with Crippen molar-refractivity contribution in [2.75, 3.05) is 0 Å². The van der Waals surface area contributed by atoms with Gasteiger partial charge in [0.15, 0.2) is 5.76 Å². The lowest BCUT2D eigenvalue weighted by atomic mass is 10.1. The van der Waals surface area contributed by atoms with Gasteiger partial charge in [0.25, 0.3) is 1.43 Å². The van der Waals surface area contributed by atoms with Crippen molar-refractivity contribution in [3.8, 4) is 17.1 Å². The Balaban J connectivity index is 2.39. The van der Waals surface area contributed by atoms with Crippen molar-refractivity contribution in [1.29, 1.82) is 1.43 Å². The van der Waals surface area contributed by atoms with Crippen LogP contribution in [0.4, 0.5) is 0 Å². The zero-order valence-corrected chi connectivity index (χ0v) is 9.42. The van der Waals surface area contributed by atoms with Gasteiger partial charge in [0, 0.05) is 5.56 Å². The largest absolute Gasteiger partial charge is 0.502 e. The molecule has 0 atom stereocenters. The fourth-order valence-electron chi connectivity index (χ4n) is 1.90.